The zero-order valence-corrected chi connectivity index (χ0v) is 16.4. The molecule has 0 bridgehead atoms. The fourth-order valence-corrected chi connectivity index (χ4v) is 2.47. The second-order valence-corrected chi connectivity index (χ2v) is 6.21. The van der Waals surface area contributed by atoms with Crippen LogP contribution in [0.15, 0.2) is 41.6 Å². The van der Waals surface area contributed by atoms with Crippen molar-refractivity contribution in [3.63, 3.8) is 0 Å². The van der Waals surface area contributed by atoms with Crippen molar-refractivity contribution in [2.24, 2.45) is 5.16 Å². The first kappa shape index (κ1) is 20.6. The predicted octanol–water partition coefficient (Wildman–Crippen LogP) is 4.44. The number of hydrogen-bond donors (Lipinski definition) is 1. The Morgan fingerprint density at radius 1 is 1.22 bits per heavy atom. The van der Waals surface area contributed by atoms with E-state index in [1.807, 2.05) is 26.0 Å². The molecule has 6 nitrogen and oxygen atoms in total. The molecule has 2 aromatic rings. The van der Waals surface area contributed by atoms with Crippen LogP contribution in [-0.2, 0) is 9.63 Å². The number of amides is 1. The van der Waals surface area contributed by atoms with E-state index in [4.69, 9.17) is 25.9 Å². The summed E-state index contributed by atoms with van der Waals surface area (Å²) in [5, 5.41) is 7.19. The number of benzene rings is 2. The second kappa shape index (κ2) is 10.4. The van der Waals surface area contributed by atoms with Gasteiger partial charge in [0.05, 0.1) is 19.9 Å². The normalized spacial score (nSPS) is 10.7. The number of rotatable bonds is 9. The van der Waals surface area contributed by atoms with Crippen molar-refractivity contribution in [1.29, 1.82) is 0 Å². The minimum atomic E-state index is -0.307. The number of oxime groups is 1. The van der Waals surface area contributed by atoms with Gasteiger partial charge in [0, 0.05) is 16.3 Å². The van der Waals surface area contributed by atoms with E-state index in [0.29, 0.717) is 28.8 Å². The number of nitrogens with zero attached hydrogens (tertiary/aromatic N) is 1. The van der Waals surface area contributed by atoms with Gasteiger partial charge in [-0.15, -0.1) is 0 Å². The lowest BCUT2D eigenvalue weighted by molar-refractivity contribution is -0.120. The van der Waals surface area contributed by atoms with Crippen molar-refractivity contribution in [1.82, 2.24) is 0 Å². The van der Waals surface area contributed by atoms with Crippen molar-refractivity contribution in [2.75, 3.05) is 25.6 Å². The van der Waals surface area contributed by atoms with Crippen LogP contribution in [0.1, 0.15) is 24.5 Å². The summed E-state index contributed by atoms with van der Waals surface area (Å²) in [6.07, 6.45) is 2.42. The van der Waals surface area contributed by atoms with E-state index in [1.54, 1.807) is 31.4 Å². The van der Waals surface area contributed by atoms with E-state index in [0.717, 1.165) is 17.5 Å². The van der Waals surface area contributed by atoms with Gasteiger partial charge < -0.3 is 19.6 Å². The number of carbonyl (C=O) groups excluding carboxylic acids is 1. The van der Waals surface area contributed by atoms with Gasteiger partial charge in [0.15, 0.2) is 18.1 Å². The molecule has 0 aromatic heterocycles. The zero-order chi connectivity index (χ0) is 19.6. The van der Waals surface area contributed by atoms with Crippen LogP contribution >= 0.6 is 11.6 Å². The van der Waals surface area contributed by atoms with Gasteiger partial charge in [0.1, 0.15) is 0 Å². The van der Waals surface area contributed by atoms with Crippen molar-refractivity contribution in [3.8, 4) is 11.5 Å². The van der Waals surface area contributed by atoms with E-state index in [-0.39, 0.29) is 12.5 Å². The third-order valence-electron chi connectivity index (χ3n) is 3.58. The number of ether oxygens (including phenoxy) is 2. The van der Waals surface area contributed by atoms with Crippen LogP contribution in [-0.4, -0.2) is 32.4 Å². The lowest BCUT2D eigenvalue weighted by Crippen LogP contribution is -2.17. The molecular weight excluding hydrogens is 368 g/mol. The zero-order valence-electron chi connectivity index (χ0n) is 15.6. The quantitative estimate of drug-likeness (QED) is 0.507. The number of carbonyl (C=O) groups is 1. The van der Waals surface area contributed by atoms with Gasteiger partial charge in [-0.05, 0) is 55.3 Å². The molecule has 2 rings (SSSR count). The molecule has 27 heavy (non-hydrogen) atoms. The highest BCUT2D eigenvalue weighted by Crippen LogP contribution is 2.27. The van der Waals surface area contributed by atoms with E-state index in [9.17, 15) is 4.79 Å². The summed E-state index contributed by atoms with van der Waals surface area (Å²) in [6, 6.07) is 10.7. The molecule has 0 saturated heterocycles. The molecule has 0 heterocycles. The SMILES string of the molecule is CCCOc1ccc(/C=N\OCC(=O)Nc2ccc(Cl)cc2C)cc1OC. The van der Waals surface area contributed by atoms with E-state index in [1.165, 1.54) is 6.21 Å². The fraction of sp³-hybridized carbons (Fsp3) is 0.300. The topological polar surface area (TPSA) is 69.2 Å². The van der Waals surface area contributed by atoms with Crippen LogP contribution in [0.2, 0.25) is 5.02 Å². The fourth-order valence-electron chi connectivity index (χ4n) is 2.24. The Labute approximate surface area is 164 Å². The molecule has 0 aliphatic heterocycles. The molecule has 0 atom stereocenters. The minimum absolute atomic E-state index is 0.201. The molecule has 0 unspecified atom stereocenters. The van der Waals surface area contributed by atoms with Gasteiger partial charge in [-0.1, -0.05) is 23.7 Å². The molecule has 1 N–H and O–H groups in total. The highest BCUT2D eigenvalue weighted by molar-refractivity contribution is 6.30. The number of methoxy groups -OCH3 is 1. The van der Waals surface area contributed by atoms with Crippen molar-refractivity contribution in [3.05, 3.63) is 52.5 Å². The number of hydrogen-bond acceptors (Lipinski definition) is 5. The highest BCUT2D eigenvalue weighted by atomic mass is 35.5. The minimum Gasteiger partial charge on any atom is -0.493 e. The predicted molar refractivity (Wildman–Crippen MR) is 107 cm³/mol. The largest absolute Gasteiger partial charge is 0.493 e. The smallest absolute Gasteiger partial charge is 0.265 e. The summed E-state index contributed by atoms with van der Waals surface area (Å²) in [6.45, 7) is 4.32. The maximum Gasteiger partial charge on any atom is 0.265 e. The average molecular weight is 391 g/mol. The van der Waals surface area contributed by atoms with Gasteiger partial charge in [-0.2, -0.15) is 0 Å². The van der Waals surface area contributed by atoms with Crippen LogP contribution in [0, 0.1) is 6.92 Å². The third kappa shape index (κ3) is 6.49. The van der Waals surface area contributed by atoms with E-state index < -0.39 is 0 Å². The Hall–Kier alpha value is -2.73. The molecule has 0 fully saturated rings. The summed E-state index contributed by atoms with van der Waals surface area (Å²) in [5.41, 5.74) is 2.32. The van der Waals surface area contributed by atoms with E-state index in [2.05, 4.69) is 10.5 Å². The molecule has 0 aliphatic carbocycles. The molecule has 144 valence electrons. The highest BCUT2D eigenvalue weighted by Gasteiger charge is 2.06. The van der Waals surface area contributed by atoms with Gasteiger partial charge in [-0.25, -0.2) is 0 Å². The lowest BCUT2D eigenvalue weighted by Gasteiger charge is -2.10. The molecule has 0 aliphatic rings. The summed E-state index contributed by atoms with van der Waals surface area (Å²) >= 11 is 5.90. The molecule has 7 heteroatoms. The van der Waals surface area contributed by atoms with Crippen molar-refractivity contribution in [2.45, 2.75) is 20.3 Å². The standard InChI is InChI=1S/C20H23ClN2O4/c1-4-9-26-18-8-5-15(11-19(18)25-3)12-22-27-13-20(24)23-17-7-6-16(21)10-14(17)2/h5-8,10-12H,4,9,13H2,1-3H3,(H,23,24)/b22-12-. The number of anilines is 1. The molecule has 1 amide bonds. The Balaban J connectivity index is 1.87. The van der Waals surface area contributed by atoms with Crippen LogP contribution in [0.25, 0.3) is 0 Å². The second-order valence-electron chi connectivity index (χ2n) is 5.77. The number of nitrogens with one attached hydrogen (secondary N) is 1. The molecule has 0 radical (unpaired) electrons. The Morgan fingerprint density at radius 3 is 2.74 bits per heavy atom. The monoisotopic (exact) mass is 390 g/mol. The third-order valence-corrected chi connectivity index (χ3v) is 3.82. The van der Waals surface area contributed by atoms with Gasteiger partial charge >= 0.3 is 0 Å². The molecule has 0 saturated carbocycles. The first-order chi connectivity index (χ1) is 13.0. The average Bonchev–Trinajstić information content (AvgIpc) is 2.66. The Morgan fingerprint density at radius 2 is 2.04 bits per heavy atom. The molecule has 2 aromatic carbocycles. The number of aryl methyl sites for hydroxylation is 1. The van der Waals surface area contributed by atoms with Crippen LogP contribution in [0.4, 0.5) is 5.69 Å². The molecular formula is C20H23ClN2O4. The van der Waals surface area contributed by atoms with Gasteiger partial charge in [-0.3, -0.25) is 4.79 Å². The summed E-state index contributed by atoms with van der Waals surface area (Å²) in [5.74, 6) is 0.983. The van der Waals surface area contributed by atoms with Gasteiger partial charge in [0.2, 0.25) is 0 Å². The summed E-state index contributed by atoms with van der Waals surface area (Å²) in [7, 11) is 1.58. The van der Waals surface area contributed by atoms with Crippen LogP contribution in [0.5, 0.6) is 11.5 Å². The Bertz CT molecular complexity index is 809. The number of halogens is 1. The summed E-state index contributed by atoms with van der Waals surface area (Å²) in [4.78, 5) is 17.0. The van der Waals surface area contributed by atoms with Crippen LogP contribution in [0.3, 0.4) is 0 Å². The Kier molecular flexibility index (Phi) is 7.95. The molecule has 0 spiro atoms. The van der Waals surface area contributed by atoms with Crippen molar-refractivity contribution < 1.29 is 19.1 Å². The first-order valence-corrected chi connectivity index (χ1v) is 8.93. The van der Waals surface area contributed by atoms with Crippen molar-refractivity contribution >= 4 is 29.4 Å². The first-order valence-electron chi connectivity index (χ1n) is 8.55. The summed E-state index contributed by atoms with van der Waals surface area (Å²) < 4.78 is 10.9. The maximum atomic E-state index is 11.9. The lowest BCUT2D eigenvalue weighted by atomic mass is 10.2. The van der Waals surface area contributed by atoms with E-state index >= 15 is 0 Å². The van der Waals surface area contributed by atoms with Gasteiger partial charge in [0.25, 0.3) is 5.91 Å². The maximum absolute atomic E-state index is 11.9. The van der Waals surface area contributed by atoms with Crippen LogP contribution < -0.4 is 14.8 Å².